The zero-order chi connectivity index (χ0) is 14.0. The summed E-state index contributed by atoms with van der Waals surface area (Å²) in [4.78, 5) is 18.4. The van der Waals surface area contributed by atoms with Crippen molar-refractivity contribution in [3.8, 4) is 11.3 Å². The molecule has 0 atom stereocenters. The summed E-state index contributed by atoms with van der Waals surface area (Å²) in [7, 11) is 1.54. The van der Waals surface area contributed by atoms with Crippen LogP contribution in [0.1, 0.15) is 0 Å². The van der Waals surface area contributed by atoms with Gasteiger partial charge in [0.2, 0.25) is 5.82 Å². The number of benzene rings is 1. The lowest BCUT2D eigenvalue weighted by atomic mass is 10.1. The van der Waals surface area contributed by atoms with E-state index >= 15 is 0 Å². The number of hydrogen-bond donors (Lipinski definition) is 1. The minimum atomic E-state index is -0.557. The fourth-order valence-electron chi connectivity index (χ4n) is 1.61. The van der Waals surface area contributed by atoms with Crippen molar-refractivity contribution in [1.82, 2.24) is 9.97 Å². The molecule has 1 aromatic heterocycles. The van der Waals surface area contributed by atoms with Gasteiger partial charge in [0.1, 0.15) is 6.33 Å². The molecule has 1 aromatic carbocycles. The number of nitro groups is 1. The Bertz CT molecular complexity index is 649. The molecular formula is C11H8Cl2N4O2. The van der Waals surface area contributed by atoms with Gasteiger partial charge in [0, 0.05) is 17.6 Å². The monoisotopic (exact) mass is 298 g/mol. The average Bonchev–Trinajstić information content (AvgIpc) is 2.40. The lowest BCUT2D eigenvalue weighted by molar-refractivity contribution is -0.383. The molecule has 0 amide bonds. The highest BCUT2D eigenvalue weighted by Crippen LogP contribution is 2.37. The Labute approximate surface area is 118 Å². The highest BCUT2D eigenvalue weighted by molar-refractivity contribution is 6.35. The van der Waals surface area contributed by atoms with Crippen LogP contribution in [0.5, 0.6) is 0 Å². The third-order valence-corrected chi connectivity index (χ3v) is 2.99. The molecule has 0 aliphatic carbocycles. The molecule has 1 heterocycles. The molecule has 19 heavy (non-hydrogen) atoms. The molecular weight excluding hydrogens is 291 g/mol. The summed E-state index contributed by atoms with van der Waals surface area (Å²) in [6.07, 6.45) is 1.23. The number of nitrogens with one attached hydrogen (secondary N) is 1. The maximum absolute atomic E-state index is 11.2. The predicted octanol–water partition coefficient (Wildman–Crippen LogP) is 3.40. The molecule has 0 aliphatic heterocycles. The van der Waals surface area contributed by atoms with Crippen molar-refractivity contribution in [2.24, 2.45) is 0 Å². The summed E-state index contributed by atoms with van der Waals surface area (Å²) < 4.78 is 0. The number of nitrogens with zero attached hydrogens (tertiary/aromatic N) is 3. The van der Waals surface area contributed by atoms with Gasteiger partial charge in [-0.1, -0.05) is 23.2 Å². The highest BCUT2D eigenvalue weighted by atomic mass is 35.5. The van der Waals surface area contributed by atoms with Crippen LogP contribution in [0, 0.1) is 10.1 Å². The highest BCUT2D eigenvalue weighted by Gasteiger charge is 2.24. The van der Waals surface area contributed by atoms with Crippen LogP contribution in [0.2, 0.25) is 10.0 Å². The van der Waals surface area contributed by atoms with Crippen molar-refractivity contribution in [3.63, 3.8) is 0 Å². The van der Waals surface area contributed by atoms with Gasteiger partial charge in [0.25, 0.3) is 0 Å². The van der Waals surface area contributed by atoms with Crippen molar-refractivity contribution in [1.29, 1.82) is 0 Å². The molecule has 6 nitrogen and oxygen atoms in total. The van der Waals surface area contributed by atoms with E-state index in [0.717, 1.165) is 0 Å². The first-order valence-electron chi connectivity index (χ1n) is 5.17. The quantitative estimate of drug-likeness (QED) is 0.694. The Balaban J connectivity index is 2.75. The van der Waals surface area contributed by atoms with Gasteiger partial charge in [-0.15, -0.1) is 0 Å². The molecule has 0 bridgehead atoms. The van der Waals surface area contributed by atoms with E-state index in [-0.39, 0.29) is 17.2 Å². The van der Waals surface area contributed by atoms with Crippen LogP contribution in [0.15, 0.2) is 24.5 Å². The van der Waals surface area contributed by atoms with E-state index in [2.05, 4.69) is 15.3 Å². The first kappa shape index (κ1) is 13.5. The Kier molecular flexibility index (Phi) is 3.82. The topological polar surface area (TPSA) is 81.0 Å². The smallest absolute Gasteiger partial charge is 0.337 e. The molecule has 0 fully saturated rings. The van der Waals surface area contributed by atoms with Crippen molar-refractivity contribution >= 4 is 34.7 Å². The summed E-state index contributed by atoms with van der Waals surface area (Å²) >= 11 is 11.9. The van der Waals surface area contributed by atoms with Gasteiger partial charge < -0.3 is 5.32 Å². The van der Waals surface area contributed by atoms with Crippen LogP contribution in [0.3, 0.4) is 0 Å². The van der Waals surface area contributed by atoms with Gasteiger partial charge in [-0.05, 0) is 18.2 Å². The Morgan fingerprint density at radius 1 is 1.32 bits per heavy atom. The van der Waals surface area contributed by atoms with Crippen molar-refractivity contribution in [2.75, 3.05) is 12.4 Å². The largest absolute Gasteiger partial charge is 0.367 e. The lowest BCUT2D eigenvalue weighted by Crippen LogP contribution is -2.03. The van der Waals surface area contributed by atoms with E-state index in [0.29, 0.717) is 15.6 Å². The molecule has 0 spiro atoms. The standard InChI is InChI=1S/C11H8Cl2N4O2/c1-14-11-10(17(18)19)9(15-5-16-11)7-4-6(12)2-3-8(7)13/h2-5H,1H3,(H,14,15,16). The summed E-state index contributed by atoms with van der Waals surface area (Å²) in [5.41, 5.74) is 0.269. The minimum Gasteiger partial charge on any atom is -0.367 e. The van der Waals surface area contributed by atoms with Gasteiger partial charge in [-0.25, -0.2) is 9.97 Å². The normalized spacial score (nSPS) is 10.3. The second kappa shape index (κ2) is 5.38. The molecule has 8 heteroatoms. The van der Waals surface area contributed by atoms with E-state index in [4.69, 9.17) is 23.2 Å². The van der Waals surface area contributed by atoms with Crippen LogP contribution in [-0.2, 0) is 0 Å². The molecule has 0 unspecified atom stereocenters. The maximum atomic E-state index is 11.2. The molecule has 0 saturated heterocycles. The number of aromatic nitrogens is 2. The maximum Gasteiger partial charge on any atom is 0.337 e. The predicted molar refractivity (Wildman–Crippen MR) is 73.7 cm³/mol. The van der Waals surface area contributed by atoms with E-state index in [1.165, 1.54) is 12.4 Å². The van der Waals surface area contributed by atoms with Crippen molar-refractivity contribution in [2.45, 2.75) is 0 Å². The number of hydrogen-bond acceptors (Lipinski definition) is 5. The third-order valence-electron chi connectivity index (χ3n) is 2.43. The second-order valence-corrected chi connectivity index (χ2v) is 4.39. The third kappa shape index (κ3) is 2.59. The molecule has 1 N–H and O–H groups in total. The summed E-state index contributed by atoms with van der Waals surface area (Å²) in [5.74, 6) is 0.117. The summed E-state index contributed by atoms with van der Waals surface area (Å²) in [6.45, 7) is 0. The minimum absolute atomic E-state index is 0.117. The Hall–Kier alpha value is -1.92. The van der Waals surface area contributed by atoms with E-state index < -0.39 is 4.92 Å². The fraction of sp³-hybridized carbons (Fsp3) is 0.0909. The Morgan fingerprint density at radius 3 is 2.68 bits per heavy atom. The molecule has 2 rings (SSSR count). The van der Waals surface area contributed by atoms with Crippen molar-refractivity contribution < 1.29 is 4.92 Å². The van der Waals surface area contributed by atoms with Gasteiger partial charge in [-0.2, -0.15) is 0 Å². The molecule has 0 radical (unpaired) electrons. The van der Waals surface area contributed by atoms with Gasteiger partial charge in [0.05, 0.1) is 9.95 Å². The SMILES string of the molecule is CNc1ncnc(-c2cc(Cl)ccc2Cl)c1[N+](=O)[O-]. The average molecular weight is 299 g/mol. The molecule has 2 aromatic rings. The van der Waals surface area contributed by atoms with Crippen LogP contribution >= 0.6 is 23.2 Å². The van der Waals surface area contributed by atoms with Crippen LogP contribution in [-0.4, -0.2) is 21.9 Å². The molecule has 0 aliphatic rings. The summed E-state index contributed by atoms with van der Waals surface area (Å²) in [5, 5.41) is 14.6. The van der Waals surface area contributed by atoms with Gasteiger partial charge in [0.15, 0.2) is 5.69 Å². The van der Waals surface area contributed by atoms with Crippen LogP contribution in [0.4, 0.5) is 11.5 Å². The van der Waals surface area contributed by atoms with E-state index in [1.807, 2.05) is 0 Å². The van der Waals surface area contributed by atoms with Gasteiger partial charge in [-0.3, -0.25) is 10.1 Å². The van der Waals surface area contributed by atoms with Crippen molar-refractivity contribution in [3.05, 3.63) is 44.7 Å². The zero-order valence-corrected chi connectivity index (χ0v) is 11.2. The lowest BCUT2D eigenvalue weighted by Gasteiger charge is -2.07. The van der Waals surface area contributed by atoms with Gasteiger partial charge >= 0.3 is 5.69 Å². The first-order valence-corrected chi connectivity index (χ1v) is 5.92. The Morgan fingerprint density at radius 2 is 2.05 bits per heavy atom. The molecule has 0 saturated carbocycles. The van der Waals surface area contributed by atoms with E-state index in [1.54, 1.807) is 19.2 Å². The summed E-state index contributed by atoms with van der Waals surface area (Å²) in [6, 6.07) is 4.68. The zero-order valence-electron chi connectivity index (χ0n) is 9.72. The number of rotatable bonds is 3. The first-order chi connectivity index (χ1) is 9.04. The van der Waals surface area contributed by atoms with E-state index in [9.17, 15) is 10.1 Å². The van der Waals surface area contributed by atoms with Crippen LogP contribution < -0.4 is 5.32 Å². The number of anilines is 1. The molecule has 98 valence electrons. The van der Waals surface area contributed by atoms with Crippen LogP contribution in [0.25, 0.3) is 11.3 Å². The fourth-order valence-corrected chi connectivity index (χ4v) is 1.99. The second-order valence-electron chi connectivity index (χ2n) is 3.55. The number of halogens is 2.